The Bertz CT molecular complexity index is 754. The molecule has 0 saturated heterocycles. The van der Waals surface area contributed by atoms with E-state index in [1.165, 1.54) is 6.08 Å². The van der Waals surface area contributed by atoms with Crippen molar-refractivity contribution in [1.82, 2.24) is 5.32 Å². The number of hydrogen-bond donors (Lipinski definition) is 1. The molecular formula is C22H25NO4. The summed E-state index contributed by atoms with van der Waals surface area (Å²) in [4.78, 5) is 23.6. The van der Waals surface area contributed by atoms with E-state index in [0.717, 1.165) is 16.9 Å². The SMILES string of the molecule is CCOc1ccc(/C=C/C(=O)OCC(=O)NC[C@H](C)c2ccccc2)cc1. The van der Waals surface area contributed by atoms with Crippen molar-refractivity contribution in [2.75, 3.05) is 19.8 Å². The van der Waals surface area contributed by atoms with Crippen LogP contribution in [0.4, 0.5) is 0 Å². The summed E-state index contributed by atoms with van der Waals surface area (Å²) in [5.74, 6) is 0.0831. The molecule has 0 fully saturated rings. The molecule has 0 saturated carbocycles. The second-order valence-corrected chi connectivity index (χ2v) is 6.06. The number of carbonyl (C=O) groups excluding carboxylic acids is 2. The van der Waals surface area contributed by atoms with Crippen LogP contribution in [0.1, 0.15) is 30.9 Å². The van der Waals surface area contributed by atoms with Crippen LogP contribution in [0.3, 0.4) is 0 Å². The zero-order chi connectivity index (χ0) is 19.5. The van der Waals surface area contributed by atoms with Crippen LogP contribution in [0.2, 0.25) is 0 Å². The fourth-order valence-corrected chi connectivity index (χ4v) is 2.41. The van der Waals surface area contributed by atoms with Crippen molar-refractivity contribution in [2.24, 2.45) is 0 Å². The third kappa shape index (κ3) is 7.36. The Morgan fingerprint density at radius 3 is 2.44 bits per heavy atom. The maximum absolute atomic E-state index is 11.8. The van der Waals surface area contributed by atoms with Gasteiger partial charge in [-0.25, -0.2) is 4.79 Å². The van der Waals surface area contributed by atoms with Gasteiger partial charge in [0.15, 0.2) is 6.61 Å². The Hall–Kier alpha value is -3.08. The summed E-state index contributed by atoms with van der Waals surface area (Å²) in [6.07, 6.45) is 2.93. The van der Waals surface area contributed by atoms with Gasteiger partial charge in [-0.05, 0) is 42.2 Å². The van der Waals surface area contributed by atoms with Crippen molar-refractivity contribution in [2.45, 2.75) is 19.8 Å². The standard InChI is InChI=1S/C22H25NO4/c1-3-26-20-12-9-18(10-13-20)11-14-22(25)27-16-21(24)23-15-17(2)19-7-5-4-6-8-19/h4-14,17H,3,15-16H2,1-2H3,(H,23,24)/b14-11+/t17-/m0/s1. The van der Waals surface area contributed by atoms with E-state index in [4.69, 9.17) is 9.47 Å². The zero-order valence-corrected chi connectivity index (χ0v) is 15.7. The van der Waals surface area contributed by atoms with Crippen molar-refractivity contribution < 1.29 is 19.1 Å². The fraction of sp³-hybridized carbons (Fsp3) is 0.273. The summed E-state index contributed by atoms with van der Waals surface area (Å²) < 4.78 is 10.3. The van der Waals surface area contributed by atoms with Crippen LogP contribution in [0.5, 0.6) is 5.75 Å². The minimum Gasteiger partial charge on any atom is -0.494 e. The summed E-state index contributed by atoms with van der Waals surface area (Å²) in [7, 11) is 0. The number of benzene rings is 2. The lowest BCUT2D eigenvalue weighted by molar-refractivity contribution is -0.143. The molecule has 0 heterocycles. The van der Waals surface area contributed by atoms with Crippen molar-refractivity contribution in [3.05, 3.63) is 71.8 Å². The van der Waals surface area contributed by atoms with Gasteiger partial charge in [0.1, 0.15) is 5.75 Å². The van der Waals surface area contributed by atoms with Gasteiger partial charge in [-0.15, -0.1) is 0 Å². The molecule has 2 aromatic carbocycles. The minimum atomic E-state index is -0.560. The first-order valence-corrected chi connectivity index (χ1v) is 8.98. The summed E-state index contributed by atoms with van der Waals surface area (Å²) >= 11 is 0. The van der Waals surface area contributed by atoms with Gasteiger partial charge in [-0.2, -0.15) is 0 Å². The highest BCUT2D eigenvalue weighted by Crippen LogP contribution is 2.13. The van der Waals surface area contributed by atoms with E-state index in [0.29, 0.717) is 13.2 Å². The van der Waals surface area contributed by atoms with Crippen molar-refractivity contribution >= 4 is 18.0 Å². The van der Waals surface area contributed by atoms with E-state index in [1.54, 1.807) is 6.08 Å². The summed E-state index contributed by atoms with van der Waals surface area (Å²) in [5, 5.41) is 2.77. The van der Waals surface area contributed by atoms with E-state index in [2.05, 4.69) is 5.32 Å². The molecule has 2 rings (SSSR count). The first-order chi connectivity index (χ1) is 13.1. The lowest BCUT2D eigenvalue weighted by Gasteiger charge is -2.12. The molecule has 0 spiro atoms. The molecule has 2 aromatic rings. The molecule has 0 aliphatic heterocycles. The number of nitrogens with one attached hydrogen (secondary N) is 1. The number of carbonyl (C=O) groups is 2. The molecule has 1 N–H and O–H groups in total. The van der Waals surface area contributed by atoms with Crippen LogP contribution in [-0.2, 0) is 14.3 Å². The topological polar surface area (TPSA) is 64.6 Å². The molecule has 0 aliphatic carbocycles. The van der Waals surface area contributed by atoms with E-state index >= 15 is 0 Å². The van der Waals surface area contributed by atoms with Crippen LogP contribution < -0.4 is 10.1 Å². The summed E-state index contributed by atoms with van der Waals surface area (Å²) in [6, 6.07) is 17.3. The van der Waals surface area contributed by atoms with Crippen LogP contribution in [0.15, 0.2) is 60.7 Å². The van der Waals surface area contributed by atoms with Gasteiger partial charge in [0.2, 0.25) is 0 Å². The molecule has 5 heteroatoms. The minimum absolute atomic E-state index is 0.186. The Morgan fingerprint density at radius 2 is 1.78 bits per heavy atom. The molecule has 5 nitrogen and oxygen atoms in total. The third-order valence-corrected chi connectivity index (χ3v) is 3.92. The molecule has 142 valence electrons. The number of hydrogen-bond acceptors (Lipinski definition) is 4. The van der Waals surface area contributed by atoms with E-state index < -0.39 is 5.97 Å². The van der Waals surface area contributed by atoms with Gasteiger partial charge < -0.3 is 14.8 Å². The maximum Gasteiger partial charge on any atom is 0.331 e. The summed E-state index contributed by atoms with van der Waals surface area (Å²) in [6.45, 7) is 4.74. The number of amides is 1. The van der Waals surface area contributed by atoms with Crippen molar-refractivity contribution in [3.8, 4) is 5.75 Å². The summed E-state index contributed by atoms with van der Waals surface area (Å²) in [5.41, 5.74) is 1.99. The largest absolute Gasteiger partial charge is 0.494 e. The lowest BCUT2D eigenvalue weighted by atomic mass is 10.0. The molecule has 0 radical (unpaired) electrons. The maximum atomic E-state index is 11.8. The van der Waals surface area contributed by atoms with E-state index in [1.807, 2.05) is 68.4 Å². The highest BCUT2D eigenvalue weighted by atomic mass is 16.5. The molecule has 0 bridgehead atoms. The molecule has 1 atom stereocenters. The van der Waals surface area contributed by atoms with Gasteiger partial charge in [0.05, 0.1) is 6.61 Å². The fourth-order valence-electron chi connectivity index (χ4n) is 2.41. The molecule has 27 heavy (non-hydrogen) atoms. The average Bonchev–Trinajstić information content (AvgIpc) is 2.70. The normalized spacial score (nSPS) is 11.8. The quantitative estimate of drug-likeness (QED) is 0.544. The Kier molecular flexibility index (Phi) is 8.10. The van der Waals surface area contributed by atoms with Gasteiger partial charge >= 0.3 is 5.97 Å². The highest BCUT2D eigenvalue weighted by molar-refractivity contribution is 5.89. The lowest BCUT2D eigenvalue weighted by Crippen LogP contribution is -2.31. The van der Waals surface area contributed by atoms with Crippen molar-refractivity contribution in [3.63, 3.8) is 0 Å². The van der Waals surface area contributed by atoms with Gasteiger partial charge in [-0.1, -0.05) is 49.4 Å². The Labute approximate surface area is 160 Å². The first-order valence-electron chi connectivity index (χ1n) is 8.98. The number of rotatable bonds is 9. The molecule has 0 aromatic heterocycles. The van der Waals surface area contributed by atoms with Crippen LogP contribution >= 0.6 is 0 Å². The van der Waals surface area contributed by atoms with E-state index in [9.17, 15) is 9.59 Å². The zero-order valence-electron chi connectivity index (χ0n) is 15.7. The molecule has 0 unspecified atom stereocenters. The number of ether oxygens (including phenoxy) is 2. The van der Waals surface area contributed by atoms with Crippen LogP contribution in [-0.4, -0.2) is 31.6 Å². The van der Waals surface area contributed by atoms with Gasteiger partial charge in [0, 0.05) is 12.6 Å². The highest BCUT2D eigenvalue weighted by Gasteiger charge is 2.09. The van der Waals surface area contributed by atoms with Crippen LogP contribution in [0, 0.1) is 0 Å². The Morgan fingerprint density at radius 1 is 1.07 bits per heavy atom. The molecular weight excluding hydrogens is 342 g/mol. The van der Waals surface area contributed by atoms with Crippen LogP contribution in [0.25, 0.3) is 6.08 Å². The smallest absolute Gasteiger partial charge is 0.331 e. The average molecular weight is 367 g/mol. The van der Waals surface area contributed by atoms with Gasteiger partial charge in [-0.3, -0.25) is 4.79 Å². The van der Waals surface area contributed by atoms with E-state index in [-0.39, 0.29) is 18.4 Å². The Balaban J connectivity index is 1.70. The monoisotopic (exact) mass is 367 g/mol. The second-order valence-electron chi connectivity index (χ2n) is 6.06. The second kappa shape index (κ2) is 10.8. The first kappa shape index (κ1) is 20.2. The molecule has 0 aliphatic rings. The number of esters is 1. The third-order valence-electron chi connectivity index (χ3n) is 3.92. The van der Waals surface area contributed by atoms with Gasteiger partial charge in [0.25, 0.3) is 5.91 Å². The van der Waals surface area contributed by atoms with Crippen molar-refractivity contribution in [1.29, 1.82) is 0 Å². The molecule has 1 amide bonds. The predicted octanol–water partition coefficient (Wildman–Crippen LogP) is 3.56. The predicted molar refractivity (Wildman–Crippen MR) is 105 cm³/mol.